The van der Waals surface area contributed by atoms with Crippen LogP contribution in [0.2, 0.25) is 0 Å². The number of aryl methyl sites for hydroxylation is 1. The lowest BCUT2D eigenvalue weighted by molar-refractivity contribution is -0.115. The first-order chi connectivity index (χ1) is 12.2. The summed E-state index contributed by atoms with van der Waals surface area (Å²) in [5, 5.41) is 6.97. The SMILES string of the molecule is Cn1nccc1NC(=O)Cc1ccc2c(c1)CCN(C1=CC=C1)CC2. The largest absolute Gasteiger partial charge is 0.371 e. The van der Waals surface area contributed by atoms with Crippen LogP contribution in [0.4, 0.5) is 5.82 Å². The summed E-state index contributed by atoms with van der Waals surface area (Å²) in [6.07, 6.45) is 10.6. The molecule has 1 aromatic heterocycles. The standard InChI is InChI=1S/C20H22N4O/c1-23-19(7-10-21-23)22-20(25)14-15-5-6-16-8-11-24(18-3-2-4-18)12-9-17(16)13-15/h2-7,10,13H,8-9,11-12,14H2,1H3,(H,22,25). The summed E-state index contributed by atoms with van der Waals surface area (Å²) in [6, 6.07) is 8.27. The predicted octanol–water partition coefficient (Wildman–Crippen LogP) is 2.46. The molecule has 1 aromatic carbocycles. The number of amides is 1. The summed E-state index contributed by atoms with van der Waals surface area (Å²) < 4.78 is 1.66. The molecule has 0 saturated carbocycles. The molecule has 1 N–H and O–H groups in total. The second-order valence-corrected chi connectivity index (χ2v) is 6.61. The highest BCUT2D eigenvalue weighted by molar-refractivity contribution is 5.91. The summed E-state index contributed by atoms with van der Waals surface area (Å²) in [7, 11) is 1.82. The Kier molecular flexibility index (Phi) is 4.14. The molecule has 25 heavy (non-hydrogen) atoms. The molecule has 2 aromatic rings. The van der Waals surface area contributed by atoms with Crippen molar-refractivity contribution in [1.82, 2.24) is 14.7 Å². The van der Waals surface area contributed by atoms with Gasteiger partial charge in [-0.3, -0.25) is 9.48 Å². The van der Waals surface area contributed by atoms with Crippen molar-refractivity contribution >= 4 is 11.7 Å². The number of allylic oxidation sites excluding steroid dienone is 3. The van der Waals surface area contributed by atoms with E-state index in [-0.39, 0.29) is 5.91 Å². The molecule has 2 aliphatic rings. The van der Waals surface area contributed by atoms with E-state index in [1.165, 1.54) is 16.8 Å². The molecule has 0 atom stereocenters. The monoisotopic (exact) mass is 334 g/mol. The van der Waals surface area contributed by atoms with Gasteiger partial charge >= 0.3 is 0 Å². The first-order valence-corrected chi connectivity index (χ1v) is 8.71. The van der Waals surface area contributed by atoms with Gasteiger partial charge in [-0.05, 0) is 41.7 Å². The number of anilines is 1. The van der Waals surface area contributed by atoms with E-state index in [9.17, 15) is 4.79 Å². The number of carbonyl (C=O) groups is 1. The summed E-state index contributed by atoms with van der Waals surface area (Å²) in [4.78, 5) is 14.7. The van der Waals surface area contributed by atoms with Crippen LogP contribution in [-0.4, -0.2) is 33.7 Å². The first kappa shape index (κ1) is 15.7. The Morgan fingerprint density at radius 2 is 2.00 bits per heavy atom. The number of aromatic nitrogens is 2. The van der Waals surface area contributed by atoms with Crippen LogP contribution in [0.1, 0.15) is 16.7 Å². The molecule has 128 valence electrons. The number of nitrogens with one attached hydrogen (secondary N) is 1. The molecule has 0 unspecified atom stereocenters. The predicted molar refractivity (Wildman–Crippen MR) is 98.2 cm³/mol. The van der Waals surface area contributed by atoms with Crippen LogP contribution in [0.15, 0.2) is 54.4 Å². The van der Waals surface area contributed by atoms with E-state index in [1.807, 2.05) is 7.05 Å². The molecule has 2 heterocycles. The Hall–Kier alpha value is -2.82. The second-order valence-electron chi connectivity index (χ2n) is 6.61. The molecular formula is C20H22N4O. The minimum atomic E-state index is -0.0106. The van der Waals surface area contributed by atoms with Crippen LogP contribution < -0.4 is 5.32 Å². The maximum atomic E-state index is 12.3. The van der Waals surface area contributed by atoms with Crippen LogP contribution >= 0.6 is 0 Å². The summed E-state index contributed by atoms with van der Waals surface area (Å²) in [5.74, 6) is 0.709. The van der Waals surface area contributed by atoms with Crippen molar-refractivity contribution in [2.75, 3.05) is 18.4 Å². The Morgan fingerprint density at radius 3 is 2.68 bits per heavy atom. The van der Waals surface area contributed by atoms with Gasteiger partial charge in [-0.1, -0.05) is 24.3 Å². The Bertz CT molecular complexity index is 862. The molecule has 5 heteroatoms. The van der Waals surface area contributed by atoms with E-state index in [1.54, 1.807) is 16.9 Å². The molecule has 0 spiro atoms. The maximum Gasteiger partial charge on any atom is 0.229 e. The van der Waals surface area contributed by atoms with E-state index in [2.05, 4.69) is 51.7 Å². The zero-order valence-corrected chi connectivity index (χ0v) is 14.4. The van der Waals surface area contributed by atoms with Crippen LogP contribution in [0, 0.1) is 0 Å². The van der Waals surface area contributed by atoms with E-state index in [0.29, 0.717) is 6.42 Å². The van der Waals surface area contributed by atoms with E-state index >= 15 is 0 Å². The van der Waals surface area contributed by atoms with Crippen molar-refractivity contribution in [2.45, 2.75) is 19.3 Å². The molecule has 4 rings (SSSR count). The smallest absolute Gasteiger partial charge is 0.229 e. The third-order valence-corrected chi connectivity index (χ3v) is 4.92. The Balaban J connectivity index is 1.42. The maximum absolute atomic E-state index is 12.3. The van der Waals surface area contributed by atoms with Gasteiger partial charge in [-0.25, -0.2) is 0 Å². The summed E-state index contributed by atoms with van der Waals surface area (Å²) >= 11 is 0. The van der Waals surface area contributed by atoms with Gasteiger partial charge in [-0.15, -0.1) is 0 Å². The van der Waals surface area contributed by atoms with E-state index in [4.69, 9.17) is 0 Å². The van der Waals surface area contributed by atoms with Crippen molar-refractivity contribution in [3.63, 3.8) is 0 Å². The number of carbonyl (C=O) groups excluding carboxylic acids is 1. The quantitative estimate of drug-likeness (QED) is 0.934. The normalized spacial score (nSPS) is 15.9. The van der Waals surface area contributed by atoms with Gasteiger partial charge in [0.25, 0.3) is 0 Å². The minimum Gasteiger partial charge on any atom is -0.371 e. The Labute approximate surface area is 147 Å². The zero-order valence-electron chi connectivity index (χ0n) is 14.4. The zero-order chi connectivity index (χ0) is 17.2. The van der Waals surface area contributed by atoms with Gasteiger partial charge in [0.15, 0.2) is 0 Å². The van der Waals surface area contributed by atoms with Crippen molar-refractivity contribution in [2.24, 2.45) is 7.05 Å². The molecule has 1 aliphatic carbocycles. The number of nitrogens with zero attached hydrogens (tertiary/aromatic N) is 3. The molecule has 0 radical (unpaired) electrons. The second kappa shape index (κ2) is 6.59. The van der Waals surface area contributed by atoms with Gasteiger partial charge in [0, 0.05) is 31.9 Å². The highest BCUT2D eigenvalue weighted by Crippen LogP contribution is 2.22. The van der Waals surface area contributed by atoms with Gasteiger partial charge in [0.1, 0.15) is 5.82 Å². The number of hydrogen-bond donors (Lipinski definition) is 1. The van der Waals surface area contributed by atoms with Crippen LogP contribution in [0.3, 0.4) is 0 Å². The molecule has 0 fully saturated rings. The highest BCUT2D eigenvalue weighted by atomic mass is 16.1. The topological polar surface area (TPSA) is 50.2 Å². The number of rotatable bonds is 4. The van der Waals surface area contributed by atoms with Crippen molar-refractivity contribution in [1.29, 1.82) is 0 Å². The Morgan fingerprint density at radius 1 is 1.20 bits per heavy atom. The molecule has 5 nitrogen and oxygen atoms in total. The number of hydrogen-bond acceptors (Lipinski definition) is 3. The average Bonchev–Trinajstić information content (AvgIpc) is 2.82. The fourth-order valence-corrected chi connectivity index (χ4v) is 3.41. The lowest BCUT2D eigenvalue weighted by Crippen LogP contribution is -2.26. The number of fused-ring (bicyclic) bond motifs is 1. The van der Waals surface area contributed by atoms with E-state index < -0.39 is 0 Å². The molecule has 0 bridgehead atoms. The van der Waals surface area contributed by atoms with Crippen molar-refractivity contribution < 1.29 is 4.79 Å². The molecule has 1 aliphatic heterocycles. The van der Waals surface area contributed by atoms with Gasteiger partial charge in [0.05, 0.1) is 12.6 Å². The van der Waals surface area contributed by atoms with Crippen LogP contribution in [-0.2, 0) is 31.1 Å². The lowest BCUT2D eigenvalue weighted by atomic mass is 9.99. The third kappa shape index (κ3) is 3.36. The fraction of sp³-hybridized carbons (Fsp3) is 0.300. The van der Waals surface area contributed by atoms with Crippen molar-refractivity contribution in [3.8, 4) is 0 Å². The fourth-order valence-electron chi connectivity index (χ4n) is 3.41. The third-order valence-electron chi connectivity index (χ3n) is 4.92. The van der Waals surface area contributed by atoms with Gasteiger partial charge in [0.2, 0.25) is 5.91 Å². The lowest BCUT2D eigenvalue weighted by Gasteiger charge is -2.26. The molecule has 0 saturated heterocycles. The number of benzene rings is 1. The van der Waals surface area contributed by atoms with Crippen LogP contribution in [0.5, 0.6) is 0 Å². The molecule has 1 amide bonds. The van der Waals surface area contributed by atoms with Gasteiger partial charge in [-0.2, -0.15) is 5.10 Å². The van der Waals surface area contributed by atoms with Crippen molar-refractivity contribution in [3.05, 3.63) is 71.1 Å². The molecular weight excluding hydrogens is 312 g/mol. The minimum absolute atomic E-state index is 0.0106. The summed E-state index contributed by atoms with van der Waals surface area (Å²) in [6.45, 7) is 2.09. The van der Waals surface area contributed by atoms with Gasteiger partial charge < -0.3 is 10.2 Å². The average molecular weight is 334 g/mol. The van der Waals surface area contributed by atoms with E-state index in [0.717, 1.165) is 37.3 Å². The summed E-state index contributed by atoms with van der Waals surface area (Å²) in [5.41, 5.74) is 5.18. The highest BCUT2D eigenvalue weighted by Gasteiger charge is 2.17. The van der Waals surface area contributed by atoms with Crippen LogP contribution in [0.25, 0.3) is 0 Å². The first-order valence-electron chi connectivity index (χ1n) is 8.71.